The molecule has 3 aliphatic carbocycles. The first-order chi connectivity index (χ1) is 16.8. The van der Waals surface area contributed by atoms with Crippen molar-refractivity contribution in [2.45, 2.75) is 78.3 Å². The Kier molecular flexibility index (Phi) is 6.03. The molecule has 36 heavy (non-hydrogen) atoms. The second-order valence-electron chi connectivity index (χ2n) is 12.1. The smallest absolute Gasteiger partial charge is 0.319 e. The fraction of sp³-hybridized carbons (Fsp3) is 0.679. The number of nitrogens with zero attached hydrogens (tertiary/aromatic N) is 2. The number of aromatic nitrogens is 1. The Morgan fingerprint density at radius 1 is 1.17 bits per heavy atom. The van der Waals surface area contributed by atoms with Gasteiger partial charge in [0.15, 0.2) is 0 Å². The van der Waals surface area contributed by atoms with Crippen LogP contribution in [0.25, 0.3) is 0 Å². The third-order valence-corrected chi connectivity index (χ3v) is 10.3. The van der Waals surface area contributed by atoms with Gasteiger partial charge in [-0.3, -0.25) is 9.59 Å². The van der Waals surface area contributed by atoms with E-state index in [1.165, 1.54) is 17.3 Å². The molecule has 4 aliphatic rings. The molecule has 0 bridgehead atoms. The first-order valence-electron chi connectivity index (χ1n) is 13.1. The van der Waals surface area contributed by atoms with E-state index in [1.807, 2.05) is 11.9 Å². The second kappa shape index (κ2) is 8.59. The number of halogens is 3. The van der Waals surface area contributed by atoms with E-state index in [-0.39, 0.29) is 34.4 Å². The van der Waals surface area contributed by atoms with Crippen LogP contribution in [0.5, 0.6) is 0 Å². The van der Waals surface area contributed by atoms with Gasteiger partial charge in [-0.15, -0.1) is 0 Å². The molecule has 196 valence electrons. The summed E-state index contributed by atoms with van der Waals surface area (Å²) in [6.45, 7) is 6.91. The van der Waals surface area contributed by atoms with Crippen LogP contribution in [-0.4, -0.2) is 28.7 Å². The fourth-order valence-electron chi connectivity index (χ4n) is 8.61. The maximum atomic E-state index is 12.9. The SMILES string of the molecule is CC1=C2N(C)C(=O)CC[C@]2(C)[C@H]2CC[C@]3(C)[C@@H](CC(=O)Nc4ccc(C(F)(F)F)cn4)CC[C@H]3[C@@H]2C1. The lowest BCUT2D eigenvalue weighted by atomic mass is 9.48. The zero-order chi connectivity index (χ0) is 26.0. The van der Waals surface area contributed by atoms with E-state index in [0.717, 1.165) is 50.8 Å². The van der Waals surface area contributed by atoms with Crippen molar-refractivity contribution in [3.05, 3.63) is 35.2 Å². The molecular formula is C28H36F3N3O2. The molecule has 8 heteroatoms. The third-order valence-electron chi connectivity index (χ3n) is 10.3. The molecule has 1 N–H and O–H groups in total. The highest BCUT2D eigenvalue weighted by Gasteiger charge is 2.60. The number of nitrogens with one attached hydrogen (secondary N) is 1. The lowest BCUT2D eigenvalue weighted by Crippen LogP contribution is -2.54. The maximum Gasteiger partial charge on any atom is 0.417 e. The summed E-state index contributed by atoms with van der Waals surface area (Å²) >= 11 is 0. The first-order valence-corrected chi connectivity index (χ1v) is 13.1. The van der Waals surface area contributed by atoms with E-state index >= 15 is 0 Å². The van der Waals surface area contributed by atoms with Crippen molar-refractivity contribution in [1.29, 1.82) is 0 Å². The van der Waals surface area contributed by atoms with E-state index in [1.54, 1.807) is 0 Å². The highest BCUT2D eigenvalue weighted by molar-refractivity contribution is 5.90. The van der Waals surface area contributed by atoms with Crippen molar-refractivity contribution in [1.82, 2.24) is 9.88 Å². The summed E-state index contributed by atoms with van der Waals surface area (Å²) in [6, 6.07) is 2.16. The number of allylic oxidation sites excluding steroid dienone is 2. The monoisotopic (exact) mass is 503 g/mol. The van der Waals surface area contributed by atoms with E-state index in [0.29, 0.717) is 30.6 Å². The summed E-state index contributed by atoms with van der Waals surface area (Å²) < 4.78 is 38.4. The van der Waals surface area contributed by atoms with Crippen LogP contribution in [0.1, 0.15) is 77.7 Å². The standard InChI is InChI=1S/C28H36F3N3O2/c1-16-13-19-20-7-5-17(14-23(35)33-22-8-6-18(15-32-22)28(29,30)31)26(20,2)11-9-21(19)27(3)12-10-24(36)34(4)25(16)27/h6,8,15,17,19-21H,5,7,9-14H2,1-4H3,(H,32,33,35)/t17-,19+,20+,21+,26-,27-/m1/s1. The van der Waals surface area contributed by atoms with E-state index in [2.05, 4.69) is 31.1 Å². The van der Waals surface area contributed by atoms with Gasteiger partial charge < -0.3 is 10.2 Å². The van der Waals surface area contributed by atoms with Gasteiger partial charge >= 0.3 is 6.18 Å². The third kappa shape index (κ3) is 3.95. The van der Waals surface area contributed by atoms with Crippen molar-refractivity contribution in [2.75, 3.05) is 12.4 Å². The molecule has 0 unspecified atom stereocenters. The van der Waals surface area contributed by atoms with Gasteiger partial charge in [0, 0.05) is 37.2 Å². The minimum Gasteiger partial charge on any atom is -0.319 e. The Bertz CT molecular complexity index is 1100. The van der Waals surface area contributed by atoms with Crippen LogP contribution >= 0.6 is 0 Å². The van der Waals surface area contributed by atoms with Gasteiger partial charge in [0.25, 0.3) is 0 Å². The maximum absolute atomic E-state index is 12.9. The highest BCUT2D eigenvalue weighted by atomic mass is 19.4. The molecule has 5 rings (SSSR count). The first kappa shape index (κ1) is 25.3. The summed E-state index contributed by atoms with van der Waals surface area (Å²) in [5, 5.41) is 2.71. The molecule has 0 aromatic carbocycles. The second-order valence-corrected chi connectivity index (χ2v) is 12.1. The van der Waals surface area contributed by atoms with E-state index in [9.17, 15) is 22.8 Å². The molecule has 1 aromatic rings. The predicted molar refractivity (Wildman–Crippen MR) is 130 cm³/mol. The molecule has 1 saturated heterocycles. The van der Waals surface area contributed by atoms with Gasteiger partial charge in [0.2, 0.25) is 11.8 Å². The average Bonchev–Trinajstić information content (AvgIpc) is 3.12. The van der Waals surface area contributed by atoms with Gasteiger partial charge in [-0.1, -0.05) is 19.4 Å². The van der Waals surface area contributed by atoms with Crippen LogP contribution in [0.4, 0.5) is 19.0 Å². The Balaban J connectivity index is 1.30. The van der Waals surface area contributed by atoms with Gasteiger partial charge in [0.1, 0.15) is 5.82 Å². The fourth-order valence-corrected chi connectivity index (χ4v) is 8.61. The lowest BCUT2D eigenvalue weighted by Gasteiger charge is -2.59. The number of carbonyl (C=O) groups excluding carboxylic acids is 2. The molecule has 0 spiro atoms. The quantitative estimate of drug-likeness (QED) is 0.518. The number of carbonyl (C=O) groups is 2. The van der Waals surface area contributed by atoms with Gasteiger partial charge in [-0.05, 0) is 86.7 Å². The zero-order valence-corrected chi connectivity index (χ0v) is 21.5. The van der Waals surface area contributed by atoms with Gasteiger partial charge in [-0.2, -0.15) is 13.2 Å². The number of alkyl halides is 3. The zero-order valence-electron chi connectivity index (χ0n) is 21.5. The minimum atomic E-state index is -4.45. The van der Waals surface area contributed by atoms with Crippen LogP contribution < -0.4 is 5.32 Å². The molecule has 0 radical (unpaired) electrons. The van der Waals surface area contributed by atoms with Crippen LogP contribution in [0.15, 0.2) is 29.6 Å². The van der Waals surface area contributed by atoms with Crippen LogP contribution in [0.2, 0.25) is 0 Å². The number of amides is 2. The number of piperidine rings is 1. The number of rotatable bonds is 3. The Morgan fingerprint density at radius 2 is 1.92 bits per heavy atom. The van der Waals surface area contributed by atoms with Crippen molar-refractivity contribution in [3.8, 4) is 0 Å². The Labute approximate surface area is 210 Å². The number of fused-ring (bicyclic) bond motifs is 5. The normalized spacial score (nSPS) is 36.3. The summed E-state index contributed by atoms with van der Waals surface area (Å²) in [6.07, 6.45) is 3.46. The van der Waals surface area contributed by atoms with Crippen molar-refractivity contribution >= 4 is 17.6 Å². The lowest BCUT2D eigenvalue weighted by molar-refractivity contribution is -0.138. The summed E-state index contributed by atoms with van der Waals surface area (Å²) in [7, 11) is 1.93. The Hall–Kier alpha value is -2.38. The number of likely N-dealkylation sites (tertiary alicyclic amines) is 1. The molecule has 2 saturated carbocycles. The topological polar surface area (TPSA) is 62.3 Å². The highest BCUT2D eigenvalue weighted by Crippen LogP contribution is 2.67. The van der Waals surface area contributed by atoms with Gasteiger partial charge in [-0.25, -0.2) is 4.98 Å². The van der Waals surface area contributed by atoms with Crippen molar-refractivity contribution < 1.29 is 22.8 Å². The van der Waals surface area contributed by atoms with Crippen LogP contribution in [-0.2, 0) is 15.8 Å². The molecule has 5 nitrogen and oxygen atoms in total. The molecular weight excluding hydrogens is 467 g/mol. The minimum absolute atomic E-state index is 0.0285. The van der Waals surface area contributed by atoms with Crippen molar-refractivity contribution in [3.63, 3.8) is 0 Å². The number of hydrogen-bond acceptors (Lipinski definition) is 3. The van der Waals surface area contributed by atoms with E-state index in [4.69, 9.17) is 0 Å². The van der Waals surface area contributed by atoms with Crippen molar-refractivity contribution in [2.24, 2.45) is 34.5 Å². The molecule has 1 aromatic heterocycles. The number of anilines is 1. The molecule has 6 atom stereocenters. The van der Waals surface area contributed by atoms with Gasteiger partial charge in [0.05, 0.1) is 5.56 Å². The van der Waals surface area contributed by atoms with E-state index < -0.39 is 11.7 Å². The number of hydrogen-bond donors (Lipinski definition) is 1. The predicted octanol–water partition coefficient (Wildman–Crippen LogP) is 6.42. The molecule has 2 amide bonds. The molecule has 1 aliphatic heterocycles. The molecule has 2 heterocycles. The summed E-state index contributed by atoms with van der Waals surface area (Å²) in [5.74, 6) is 2.08. The summed E-state index contributed by atoms with van der Waals surface area (Å²) in [5.41, 5.74) is 1.86. The summed E-state index contributed by atoms with van der Waals surface area (Å²) in [4.78, 5) is 31.1. The number of pyridine rings is 1. The molecule has 3 fully saturated rings. The van der Waals surface area contributed by atoms with Crippen LogP contribution in [0, 0.1) is 34.5 Å². The van der Waals surface area contributed by atoms with Crippen LogP contribution in [0.3, 0.4) is 0 Å². The average molecular weight is 504 g/mol. The largest absolute Gasteiger partial charge is 0.417 e. The Morgan fingerprint density at radius 3 is 2.58 bits per heavy atom.